The van der Waals surface area contributed by atoms with Crippen LogP contribution < -0.4 is 5.32 Å². The van der Waals surface area contributed by atoms with Crippen molar-refractivity contribution in [3.8, 4) is 6.07 Å². The van der Waals surface area contributed by atoms with E-state index in [1.807, 2.05) is 13.0 Å². The maximum absolute atomic E-state index is 11.6. The first-order valence-corrected chi connectivity index (χ1v) is 4.63. The maximum atomic E-state index is 11.6. The lowest BCUT2D eigenvalue weighted by Gasteiger charge is -2.16. The summed E-state index contributed by atoms with van der Waals surface area (Å²) in [5, 5.41) is 11.5. The summed E-state index contributed by atoms with van der Waals surface area (Å²) in [7, 11) is 1.63. The van der Waals surface area contributed by atoms with Crippen molar-refractivity contribution in [2.24, 2.45) is 5.41 Å². The van der Waals surface area contributed by atoms with Gasteiger partial charge in [-0.25, -0.2) is 0 Å². The molecular weight excluding hydrogens is 180 g/mol. The fourth-order valence-corrected chi connectivity index (χ4v) is 1.17. The van der Waals surface area contributed by atoms with Gasteiger partial charge < -0.3 is 10.1 Å². The number of carbonyl (C=O) groups excluding carboxylic acids is 1. The molecule has 0 spiro atoms. The summed E-state index contributed by atoms with van der Waals surface area (Å²) in [6.45, 7) is 5.15. The highest BCUT2D eigenvalue weighted by atomic mass is 16.5. The van der Waals surface area contributed by atoms with E-state index in [9.17, 15) is 4.79 Å². The fraction of sp³-hybridized carbons (Fsp3) is 0.800. The van der Waals surface area contributed by atoms with Crippen molar-refractivity contribution >= 4 is 5.91 Å². The Bertz CT molecular complexity index is 293. The molecule has 2 atom stereocenters. The van der Waals surface area contributed by atoms with Crippen LogP contribution in [-0.2, 0) is 9.53 Å². The zero-order valence-electron chi connectivity index (χ0n) is 9.05. The van der Waals surface area contributed by atoms with Crippen LogP contribution in [0.2, 0.25) is 0 Å². The average molecular weight is 196 g/mol. The molecular formula is C10H16N2O2. The lowest BCUT2D eigenvalue weighted by molar-refractivity contribution is -0.127. The van der Waals surface area contributed by atoms with Crippen LogP contribution in [0.3, 0.4) is 0 Å². The van der Waals surface area contributed by atoms with E-state index in [4.69, 9.17) is 10.00 Å². The predicted molar refractivity (Wildman–Crippen MR) is 51.4 cm³/mol. The highest BCUT2D eigenvalue weighted by Crippen LogP contribution is 2.39. The van der Waals surface area contributed by atoms with Gasteiger partial charge in [0.05, 0.1) is 17.7 Å². The van der Waals surface area contributed by atoms with Gasteiger partial charge in [0.1, 0.15) is 5.41 Å². The molecule has 4 heteroatoms. The quantitative estimate of drug-likeness (QED) is 0.727. The molecule has 0 saturated heterocycles. The number of amides is 1. The number of nitrogens with one attached hydrogen (secondary N) is 1. The van der Waals surface area contributed by atoms with Gasteiger partial charge in [0.2, 0.25) is 5.91 Å². The zero-order chi connectivity index (χ0) is 11.0. The summed E-state index contributed by atoms with van der Waals surface area (Å²) in [5.74, 6) is -0.231. The maximum Gasteiger partial charge on any atom is 0.240 e. The molecule has 0 bridgehead atoms. The lowest BCUT2D eigenvalue weighted by atomic mass is 9.95. The number of nitriles is 1. The van der Waals surface area contributed by atoms with E-state index in [1.54, 1.807) is 21.0 Å². The summed E-state index contributed by atoms with van der Waals surface area (Å²) < 4.78 is 5.21. The molecule has 1 N–H and O–H groups in total. The molecule has 1 rings (SSSR count). The van der Waals surface area contributed by atoms with Crippen LogP contribution >= 0.6 is 0 Å². The van der Waals surface area contributed by atoms with Gasteiger partial charge in [-0.15, -0.1) is 0 Å². The van der Waals surface area contributed by atoms with Crippen LogP contribution in [0.4, 0.5) is 0 Å². The summed E-state index contributed by atoms with van der Waals surface area (Å²) in [6, 6.07) is 2.02. The summed E-state index contributed by atoms with van der Waals surface area (Å²) >= 11 is 0. The fourth-order valence-electron chi connectivity index (χ4n) is 1.17. The SMILES string of the molecule is CO[C@@]1(C)C[C@H]1NC(=O)C(C)(C)C#N. The molecule has 0 aromatic heterocycles. The van der Waals surface area contributed by atoms with Crippen LogP contribution in [0.25, 0.3) is 0 Å². The number of nitrogens with zero attached hydrogens (tertiary/aromatic N) is 1. The second-order valence-electron chi connectivity index (χ2n) is 4.48. The van der Waals surface area contributed by atoms with Crippen molar-refractivity contribution in [2.75, 3.05) is 7.11 Å². The third kappa shape index (κ3) is 1.88. The monoisotopic (exact) mass is 196 g/mol. The number of hydrogen-bond donors (Lipinski definition) is 1. The molecule has 0 aliphatic heterocycles. The molecule has 0 unspecified atom stereocenters. The molecule has 1 amide bonds. The van der Waals surface area contributed by atoms with E-state index in [0.29, 0.717) is 0 Å². The Balaban J connectivity index is 2.50. The van der Waals surface area contributed by atoms with Gasteiger partial charge in [-0.1, -0.05) is 0 Å². The Labute approximate surface area is 84.2 Å². The van der Waals surface area contributed by atoms with Crippen LogP contribution in [0.1, 0.15) is 27.2 Å². The normalized spacial score (nSPS) is 30.6. The van der Waals surface area contributed by atoms with Crippen molar-refractivity contribution in [2.45, 2.75) is 38.8 Å². The molecule has 78 valence electrons. The predicted octanol–water partition coefficient (Wildman–Crippen LogP) is 0.830. The van der Waals surface area contributed by atoms with Crippen molar-refractivity contribution in [1.29, 1.82) is 5.26 Å². The van der Waals surface area contributed by atoms with E-state index in [1.165, 1.54) is 0 Å². The summed E-state index contributed by atoms with van der Waals surface area (Å²) in [6.07, 6.45) is 0.816. The van der Waals surface area contributed by atoms with Crippen molar-refractivity contribution in [3.63, 3.8) is 0 Å². The molecule has 1 aliphatic rings. The third-order valence-electron chi connectivity index (χ3n) is 2.81. The first kappa shape index (κ1) is 11.0. The summed E-state index contributed by atoms with van der Waals surface area (Å²) in [5.41, 5.74) is -1.20. The largest absolute Gasteiger partial charge is 0.376 e. The molecule has 1 aliphatic carbocycles. The highest BCUT2D eigenvalue weighted by Gasteiger charge is 2.52. The van der Waals surface area contributed by atoms with Gasteiger partial charge in [0.25, 0.3) is 0 Å². The minimum atomic E-state index is -0.961. The van der Waals surface area contributed by atoms with Crippen molar-refractivity contribution < 1.29 is 9.53 Å². The number of ether oxygens (including phenoxy) is 1. The van der Waals surface area contributed by atoms with E-state index < -0.39 is 5.41 Å². The Morgan fingerprint density at radius 2 is 2.29 bits per heavy atom. The molecule has 0 aromatic carbocycles. The van der Waals surface area contributed by atoms with Gasteiger partial charge >= 0.3 is 0 Å². The third-order valence-corrected chi connectivity index (χ3v) is 2.81. The Morgan fingerprint density at radius 3 is 2.64 bits per heavy atom. The van der Waals surface area contributed by atoms with Crippen LogP contribution in [0.5, 0.6) is 0 Å². The molecule has 0 heterocycles. The lowest BCUT2D eigenvalue weighted by Crippen LogP contribution is -2.40. The van der Waals surface area contributed by atoms with Crippen molar-refractivity contribution in [1.82, 2.24) is 5.32 Å². The van der Waals surface area contributed by atoms with E-state index in [0.717, 1.165) is 6.42 Å². The second kappa shape index (κ2) is 3.25. The number of rotatable bonds is 3. The molecule has 1 fully saturated rings. The highest BCUT2D eigenvalue weighted by molar-refractivity contribution is 5.85. The Morgan fingerprint density at radius 1 is 1.71 bits per heavy atom. The van der Waals surface area contributed by atoms with Crippen LogP contribution in [-0.4, -0.2) is 24.7 Å². The second-order valence-corrected chi connectivity index (χ2v) is 4.48. The van der Waals surface area contributed by atoms with Gasteiger partial charge in [0.15, 0.2) is 0 Å². The van der Waals surface area contributed by atoms with Gasteiger partial charge in [-0.3, -0.25) is 4.79 Å². The van der Waals surface area contributed by atoms with Crippen molar-refractivity contribution in [3.05, 3.63) is 0 Å². The Kier molecular flexibility index (Phi) is 2.55. The smallest absolute Gasteiger partial charge is 0.240 e. The van der Waals surface area contributed by atoms with Crippen LogP contribution in [0.15, 0.2) is 0 Å². The van der Waals surface area contributed by atoms with Gasteiger partial charge in [0, 0.05) is 13.5 Å². The minimum absolute atomic E-state index is 0.0487. The standard InChI is InChI=1S/C10H16N2O2/c1-9(2,6-11)8(13)12-7-5-10(7,3)14-4/h7H,5H2,1-4H3,(H,12,13)/t7-,10+/m1/s1. The van der Waals surface area contributed by atoms with E-state index in [2.05, 4.69) is 5.32 Å². The summed E-state index contributed by atoms with van der Waals surface area (Å²) in [4.78, 5) is 11.6. The minimum Gasteiger partial charge on any atom is -0.376 e. The number of hydrogen-bond acceptors (Lipinski definition) is 3. The first-order valence-electron chi connectivity index (χ1n) is 4.63. The topological polar surface area (TPSA) is 62.1 Å². The number of methoxy groups -OCH3 is 1. The first-order chi connectivity index (χ1) is 6.35. The Hall–Kier alpha value is -1.08. The molecule has 0 radical (unpaired) electrons. The molecule has 0 aromatic rings. The van der Waals surface area contributed by atoms with Crippen LogP contribution in [0, 0.1) is 16.7 Å². The van der Waals surface area contributed by atoms with Gasteiger partial charge in [-0.2, -0.15) is 5.26 Å². The van der Waals surface area contributed by atoms with Gasteiger partial charge in [-0.05, 0) is 20.8 Å². The molecule has 14 heavy (non-hydrogen) atoms. The van der Waals surface area contributed by atoms with E-state index in [-0.39, 0.29) is 17.6 Å². The molecule has 4 nitrogen and oxygen atoms in total. The van der Waals surface area contributed by atoms with E-state index >= 15 is 0 Å². The molecule has 1 saturated carbocycles. The average Bonchev–Trinajstić information content (AvgIpc) is 2.78. The number of carbonyl (C=O) groups is 1. The zero-order valence-corrected chi connectivity index (χ0v) is 9.05.